The lowest BCUT2D eigenvalue weighted by molar-refractivity contribution is -0.137. The number of nitrogens with one attached hydrogen (secondary N) is 1. The Balaban J connectivity index is 0.00000306. The molecular weight excluding hydrogens is 502 g/mol. The van der Waals surface area contributed by atoms with Crippen LogP contribution in [-0.4, -0.2) is 53.7 Å². The lowest BCUT2D eigenvalue weighted by atomic mass is 10.0. The molecule has 1 fully saturated rings. The summed E-state index contributed by atoms with van der Waals surface area (Å²) in [5.41, 5.74) is 0.0571. The molecule has 0 spiro atoms. The molecule has 1 saturated heterocycles. The lowest BCUT2D eigenvalue weighted by Crippen LogP contribution is -2.37. The second kappa shape index (κ2) is 10.4. The maximum Gasteiger partial charge on any atom is 0.416 e. The van der Waals surface area contributed by atoms with E-state index in [0.717, 1.165) is 36.6 Å². The number of hydrogen-bond donors (Lipinski definition) is 2. The number of alkyl halides is 3. The third-order valence-corrected chi connectivity index (χ3v) is 6.29. The normalized spacial score (nSPS) is 14.8. The molecule has 0 saturated carbocycles. The molecule has 0 unspecified atom stereocenters. The molecule has 6 nitrogen and oxygen atoms in total. The van der Waals surface area contributed by atoms with Crippen molar-refractivity contribution in [1.29, 1.82) is 0 Å². The van der Waals surface area contributed by atoms with Gasteiger partial charge in [-0.1, -0.05) is 22.9 Å². The van der Waals surface area contributed by atoms with E-state index in [0.29, 0.717) is 42.3 Å². The molecule has 178 valence electrons. The first kappa shape index (κ1) is 25.5. The minimum atomic E-state index is -4.47. The Kier molecular flexibility index (Phi) is 8.07. The first-order valence-electron chi connectivity index (χ1n) is 9.81. The molecule has 0 radical (unpaired) electrons. The van der Waals surface area contributed by atoms with Crippen molar-refractivity contribution >= 4 is 56.6 Å². The highest BCUT2D eigenvalue weighted by Crippen LogP contribution is 2.35. The molecule has 0 bridgehead atoms. The number of morpholine rings is 1. The van der Waals surface area contributed by atoms with Gasteiger partial charge in [-0.05, 0) is 42.3 Å². The average molecular weight is 522 g/mol. The van der Waals surface area contributed by atoms with Crippen LogP contribution in [0.5, 0.6) is 5.75 Å². The molecule has 4 rings (SSSR count). The van der Waals surface area contributed by atoms with Crippen molar-refractivity contribution in [1.82, 2.24) is 9.88 Å². The van der Waals surface area contributed by atoms with Crippen molar-refractivity contribution in [2.45, 2.75) is 12.6 Å². The molecule has 1 aliphatic rings. The molecule has 12 heteroatoms. The van der Waals surface area contributed by atoms with Gasteiger partial charge in [0.15, 0.2) is 5.13 Å². The van der Waals surface area contributed by atoms with Crippen molar-refractivity contribution in [2.75, 3.05) is 38.2 Å². The molecule has 1 aliphatic heterocycles. The summed E-state index contributed by atoms with van der Waals surface area (Å²) in [7, 11) is 0. The third-order valence-electron chi connectivity index (χ3n) is 5.14. The standard InChI is InChI=1S/C21H19ClF3N3O3S.ClH/c22-14-9-12(3-4-28-5-7-31-8-6-28)18(29)15(11-14)19(30)27-20-26-16-2-1-13(21(23,24)25)10-17(16)32-20;/h1-2,9-11,29H,3-8H2,(H,26,27,30);1H. The number of amides is 1. The first-order chi connectivity index (χ1) is 15.2. The second-order valence-electron chi connectivity index (χ2n) is 7.32. The molecule has 0 aliphatic carbocycles. The predicted molar refractivity (Wildman–Crippen MR) is 124 cm³/mol. The summed E-state index contributed by atoms with van der Waals surface area (Å²) in [6.45, 7) is 3.58. The van der Waals surface area contributed by atoms with E-state index in [1.54, 1.807) is 6.07 Å². The number of phenols is 1. The summed E-state index contributed by atoms with van der Waals surface area (Å²) in [6.07, 6.45) is -3.97. The van der Waals surface area contributed by atoms with Gasteiger partial charge < -0.3 is 9.84 Å². The van der Waals surface area contributed by atoms with Crippen LogP contribution in [0.3, 0.4) is 0 Å². The van der Waals surface area contributed by atoms with Crippen LogP contribution in [0.4, 0.5) is 18.3 Å². The van der Waals surface area contributed by atoms with Crippen LogP contribution in [0.1, 0.15) is 21.5 Å². The van der Waals surface area contributed by atoms with Crippen LogP contribution in [0.25, 0.3) is 10.2 Å². The van der Waals surface area contributed by atoms with Gasteiger partial charge >= 0.3 is 6.18 Å². The zero-order chi connectivity index (χ0) is 22.9. The predicted octanol–water partition coefficient (Wildman–Crippen LogP) is 5.22. The van der Waals surface area contributed by atoms with E-state index < -0.39 is 17.6 Å². The van der Waals surface area contributed by atoms with Crippen molar-refractivity contribution in [3.8, 4) is 5.75 Å². The Hall–Kier alpha value is -2.11. The van der Waals surface area contributed by atoms with Gasteiger partial charge in [0.2, 0.25) is 0 Å². The number of carbonyl (C=O) groups is 1. The number of halogens is 5. The fourth-order valence-corrected chi connectivity index (χ4v) is 4.58. The number of phenolic OH excluding ortho intramolecular Hbond substituents is 1. The Labute approximate surface area is 202 Å². The van der Waals surface area contributed by atoms with Crippen molar-refractivity contribution in [3.05, 3.63) is 52.0 Å². The van der Waals surface area contributed by atoms with Crippen LogP contribution in [-0.2, 0) is 17.3 Å². The SMILES string of the molecule is Cl.O=C(Nc1nc2ccc(C(F)(F)F)cc2s1)c1cc(Cl)cc(CCN2CCOCC2)c1O. The topological polar surface area (TPSA) is 74.7 Å². The summed E-state index contributed by atoms with van der Waals surface area (Å²) in [4.78, 5) is 19.1. The maximum absolute atomic E-state index is 12.9. The number of aromatic hydroxyl groups is 1. The zero-order valence-corrected chi connectivity index (χ0v) is 19.5. The van der Waals surface area contributed by atoms with Crippen LogP contribution in [0.15, 0.2) is 30.3 Å². The first-order valence-corrected chi connectivity index (χ1v) is 11.0. The smallest absolute Gasteiger partial charge is 0.416 e. The number of benzene rings is 2. The highest BCUT2D eigenvalue weighted by atomic mass is 35.5. The molecular formula is C21H20Cl2F3N3O3S. The van der Waals surface area contributed by atoms with Crippen molar-refractivity contribution < 1.29 is 27.8 Å². The van der Waals surface area contributed by atoms with E-state index in [1.165, 1.54) is 12.1 Å². The second-order valence-corrected chi connectivity index (χ2v) is 8.79. The highest BCUT2D eigenvalue weighted by molar-refractivity contribution is 7.22. The Morgan fingerprint density at radius 3 is 2.67 bits per heavy atom. The van der Waals surface area contributed by atoms with Crippen LogP contribution in [0.2, 0.25) is 5.02 Å². The minimum Gasteiger partial charge on any atom is -0.507 e. The molecule has 0 atom stereocenters. The van der Waals surface area contributed by atoms with Gasteiger partial charge in [-0.25, -0.2) is 4.98 Å². The largest absolute Gasteiger partial charge is 0.507 e. The molecule has 1 amide bonds. The minimum absolute atomic E-state index is 0. The summed E-state index contributed by atoms with van der Waals surface area (Å²) in [6, 6.07) is 6.15. The average Bonchev–Trinajstić information content (AvgIpc) is 3.15. The number of ether oxygens (including phenoxy) is 1. The Bertz CT molecular complexity index is 1150. The fourth-order valence-electron chi connectivity index (χ4n) is 3.44. The number of rotatable bonds is 5. The molecule has 2 N–H and O–H groups in total. The van der Waals surface area contributed by atoms with Gasteiger partial charge in [0.25, 0.3) is 5.91 Å². The molecule has 2 aromatic carbocycles. The number of nitrogens with zero attached hydrogens (tertiary/aromatic N) is 2. The van der Waals surface area contributed by atoms with Gasteiger partial charge in [-0.2, -0.15) is 13.2 Å². The van der Waals surface area contributed by atoms with Gasteiger partial charge in [0.1, 0.15) is 5.75 Å². The summed E-state index contributed by atoms with van der Waals surface area (Å²) in [5.74, 6) is -0.826. The molecule has 3 aromatic rings. The van der Waals surface area contributed by atoms with Crippen LogP contribution in [0, 0.1) is 0 Å². The summed E-state index contributed by atoms with van der Waals surface area (Å²) < 4.78 is 44.4. The zero-order valence-electron chi connectivity index (χ0n) is 17.1. The van der Waals surface area contributed by atoms with Crippen molar-refractivity contribution in [3.63, 3.8) is 0 Å². The van der Waals surface area contributed by atoms with Crippen molar-refractivity contribution in [2.24, 2.45) is 0 Å². The number of hydrogen-bond acceptors (Lipinski definition) is 6. The van der Waals surface area contributed by atoms with E-state index in [1.807, 2.05) is 0 Å². The number of carbonyl (C=O) groups excluding carboxylic acids is 1. The maximum atomic E-state index is 12.9. The molecule has 1 aromatic heterocycles. The quantitative estimate of drug-likeness (QED) is 0.481. The van der Waals surface area contributed by atoms with Gasteiger partial charge in [-0.3, -0.25) is 15.0 Å². The monoisotopic (exact) mass is 521 g/mol. The van der Waals surface area contributed by atoms with Crippen LogP contribution < -0.4 is 5.32 Å². The molecule has 2 heterocycles. The highest BCUT2D eigenvalue weighted by Gasteiger charge is 2.31. The summed E-state index contributed by atoms with van der Waals surface area (Å²) >= 11 is 7.09. The summed E-state index contributed by atoms with van der Waals surface area (Å²) in [5, 5.41) is 13.6. The van der Waals surface area contributed by atoms with E-state index in [-0.39, 0.29) is 33.6 Å². The number of fused-ring (bicyclic) bond motifs is 1. The molecule has 33 heavy (non-hydrogen) atoms. The van der Waals surface area contributed by atoms with Gasteiger partial charge in [-0.15, -0.1) is 12.4 Å². The van der Waals surface area contributed by atoms with Crippen LogP contribution >= 0.6 is 35.3 Å². The lowest BCUT2D eigenvalue weighted by Gasteiger charge is -2.26. The van der Waals surface area contributed by atoms with E-state index in [9.17, 15) is 23.1 Å². The van der Waals surface area contributed by atoms with Gasteiger partial charge in [0, 0.05) is 24.7 Å². The third kappa shape index (κ3) is 6.07. The van der Waals surface area contributed by atoms with E-state index >= 15 is 0 Å². The van der Waals surface area contributed by atoms with Gasteiger partial charge in [0.05, 0.1) is 34.6 Å². The fraction of sp³-hybridized carbons (Fsp3) is 0.333. The number of thiazole rings is 1. The Morgan fingerprint density at radius 2 is 1.97 bits per heavy atom. The Morgan fingerprint density at radius 1 is 1.24 bits per heavy atom. The van der Waals surface area contributed by atoms with E-state index in [4.69, 9.17) is 16.3 Å². The number of anilines is 1. The van der Waals surface area contributed by atoms with E-state index in [2.05, 4.69) is 15.2 Å². The number of aromatic nitrogens is 1.